The fraction of sp³-hybridized carbons (Fsp3) is 0.346. The summed E-state index contributed by atoms with van der Waals surface area (Å²) in [6.07, 6.45) is 1.53. The number of benzene rings is 2. The molecule has 3 aromatic rings. The molecule has 34 heavy (non-hydrogen) atoms. The third-order valence-corrected chi connectivity index (χ3v) is 6.19. The molecule has 0 aliphatic carbocycles. The van der Waals surface area contributed by atoms with Crippen molar-refractivity contribution in [3.05, 3.63) is 92.4 Å². The third kappa shape index (κ3) is 5.22. The van der Waals surface area contributed by atoms with E-state index in [1.54, 1.807) is 17.0 Å². The first-order chi connectivity index (χ1) is 16.3. The predicted molar refractivity (Wildman–Crippen MR) is 131 cm³/mol. The molecule has 0 unspecified atom stereocenters. The number of carbonyl (C=O) groups is 1. The highest BCUT2D eigenvalue weighted by Gasteiger charge is 2.24. The van der Waals surface area contributed by atoms with Gasteiger partial charge in [-0.15, -0.1) is 0 Å². The van der Waals surface area contributed by atoms with Crippen LogP contribution < -0.4 is 4.90 Å². The van der Waals surface area contributed by atoms with Crippen molar-refractivity contribution < 1.29 is 9.72 Å². The van der Waals surface area contributed by atoms with Gasteiger partial charge in [-0.25, -0.2) is 9.97 Å². The van der Waals surface area contributed by atoms with Gasteiger partial charge in [-0.1, -0.05) is 35.9 Å². The highest BCUT2D eigenvalue weighted by Crippen LogP contribution is 2.26. The fourth-order valence-corrected chi connectivity index (χ4v) is 4.36. The Labute approximate surface area is 199 Å². The van der Waals surface area contributed by atoms with E-state index in [0.717, 1.165) is 42.3 Å². The number of nitro groups is 1. The van der Waals surface area contributed by atoms with Crippen molar-refractivity contribution >= 4 is 17.4 Å². The highest BCUT2D eigenvalue weighted by atomic mass is 16.6. The third-order valence-electron chi connectivity index (χ3n) is 6.19. The normalized spacial score (nSPS) is 14.1. The quantitative estimate of drug-likeness (QED) is 0.418. The Morgan fingerprint density at radius 2 is 1.76 bits per heavy atom. The molecule has 1 fully saturated rings. The molecule has 0 spiro atoms. The largest absolute Gasteiger partial charge is 0.354 e. The number of hydrogen-bond acceptors (Lipinski definition) is 6. The average Bonchev–Trinajstić information content (AvgIpc) is 3.08. The van der Waals surface area contributed by atoms with Gasteiger partial charge in [0.25, 0.3) is 11.6 Å². The second-order valence-electron chi connectivity index (χ2n) is 8.76. The maximum atomic E-state index is 13.1. The molecule has 2 heterocycles. The van der Waals surface area contributed by atoms with Crippen LogP contribution in [0.1, 0.15) is 45.0 Å². The summed E-state index contributed by atoms with van der Waals surface area (Å²) in [4.78, 5) is 37.1. The molecule has 0 N–H and O–H groups in total. The van der Waals surface area contributed by atoms with E-state index >= 15 is 0 Å². The van der Waals surface area contributed by atoms with Gasteiger partial charge in [0, 0.05) is 61.6 Å². The average molecular weight is 460 g/mol. The number of nitro benzene ring substituents is 1. The molecular weight excluding hydrogens is 430 g/mol. The lowest BCUT2D eigenvalue weighted by Crippen LogP contribution is -2.35. The second kappa shape index (κ2) is 9.99. The molecule has 0 bridgehead atoms. The minimum absolute atomic E-state index is 0.0741. The van der Waals surface area contributed by atoms with Crippen LogP contribution in [0.15, 0.2) is 48.5 Å². The minimum Gasteiger partial charge on any atom is -0.354 e. The van der Waals surface area contributed by atoms with Crippen molar-refractivity contribution in [1.82, 2.24) is 14.9 Å². The number of amides is 1. The summed E-state index contributed by atoms with van der Waals surface area (Å²) in [7, 11) is 0. The molecule has 1 aliphatic rings. The van der Waals surface area contributed by atoms with Crippen LogP contribution in [-0.2, 0) is 6.42 Å². The molecule has 0 atom stereocenters. The summed E-state index contributed by atoms with van der Waals surface area (Å²) in [5.74, 6) is 1.48. The summed E-state index contributed by atoms with van der Waals surface area (Å²) < 4.78 is 0. The van der Waals surface area contributed by atoms with Crippen molar-refractivity contribution in [2.24, 2.45) is 0 Å². The molecule has 2 aromatic carbocycles. The fourth-order valence-electron chi connectivity index (χ4n) is 4.36. The van der Waals surface area contributed by atoms with Crippen LogP contribution in [0.4, 0.5) is 11.5 Å². The van der Waals surface area contributed by atoms with Gasteiger partial charge >= 0.3 is 0 Å². The smallest absolute Gasteiger partial charge is 0.270 e. The van der Waals surface area contributed by atoms with Crippen LogP contribution in [0, 0.1) is 30.9 Å². The van der Waals surface area contributed by atoms with E-state index in [2.05, 4.69) is 41.1 Å². The van der Waals surface area contributed by atoms with E-state index in [0.29, 0.717) is 25.2 Å². The molecule has 8 heteroatoms. The Morgan fingerprint density at radius 1 is 1.00 bits per heavy atom. The van der Waals surface area contributed by atoms with Crippen molar-refractivity contribution in [3.8, 4) is 0 Å². The van der Waals surface area contributed by atoms with E-state index in [9.17, 15) is 14.9 Å². The monoisotopic (exact) mass is 459 g/mol. The predicted octanol–water partition coefficient (Wildman–Crippen LogP) is 4.25. The summed E-state index contributed by atoms with van der Waals surface area (Å²) in [6.45, 7) is 8.53. The van der Waals surface area contributed by atoms with Gasteiger partial charge < -0.3 is 9.80 Å². The molecule has 0 radical (unpaired) electrons. The van der Waals surface area contributed by atoms with Gasteiger partial charge in [-0.05, 0) is 38.8 Å². The number of anilines is 1. The van der Waals surface area contributed by atoms with Gasteiger partial charge in [0.05, 0.1) is 4.92 Å². The van der Waals surface area contributed by atoms with E-state index in [4.69, 9.17) is 4.98 Å². The molecule has 176 valence electrons. The molecule has 0 saturated carbocycles. The summed E-state index contributed by atoms with van der Waals surface area (Å²) in [5, 5.41) is 11.1. The Morgan fingerprint density at radius 3 is 2.50 bits per heavy atom. The number of hydrogen-bond donors (Lipinski definition) is 0. The number of nitrogens with zero attached hydrogens (tertiary/aromatic N) is 5. The number of non-ortho nitro benzene ring substituents is 1. The van der Waals surface area contributed by atoms with Crippen molar-refractivity contribution in [3.63, 3.8) is 0 Å². The first-order valence-electron chi connectivity index (χ1n) is 11.5. The van der Waals surface area contributed by atoms with Crippen LogP contribution in [0.2, 0.25) is 0 Å². The van der Waals surface area contributed by atoms with Crippen LogP contribution in [0.25, 0.3) is 0 Å². The van der Waals surface area contributed by atoms with E-state index in [1.165, 1.54) is 23.3 Å². The topological polar surface area (TPSA) is 92.5 Å². The molecular formula is C26H29N5O3. The van der Waals surface area contributed by atoms with Crippen LogP contribution in [-0.4, -0.2) is 51.9 Å². The zero-order valence-electron chi connectivity index (χ0n) is 19.8. The molecule has 1 aromatic heterocycles. The lowest BCUT2D eigenvalue weighted by molar-refractivity contribution is -0.384. The van der Waals surface area contributed by atoms with Crippen molar-refractivity contribution in [2.45, 2.75) is 33.6 Å². The first kappa shape index (κ1) is 23.4. The highest BCUT2D eigenvalue weighted by molar-refractivity contribution is 5.94. The van der Waals surface area contributed by atoms with Gasteiger partial charge in [-0.2, -0.15) is 0 Å². The number of aryl methyl sites for hydroxylation is 3. The van der Waals surface area contributed by atoms with Crippen LogP contribution in [0.5, 0.6) is 0 Å². The summed E-state index contributed by atoms with van der Waals surface area (Å²) in [5.41, 5.74) is 4.78. The molecule has 8 nitrogen and oxygen atoms in total. The van der Waals surface area contributed by atoms with Gasteiger partial charge in [-0.3, -0.25) is 14.9 Å². The van der Waals surface area contributed by atoms with Gasteiger partial charge in [0.1, 0.15) is 11.6 Å². The molecule has 1 amide bonds. The van der Waals surface area contributed by atoms with Crippen LogP contribution in [0.3, 0.4) is 0 Å². The minimum atomic E-state index is -0.476. The second-order valence-corrected chi connectivity index (χ2v) is 8.76. The lowest BCUT2D eigenvalue weighted by atomic mass is 10.0. The Bertz CT molecular complexity index is 1210. The Hall–Kier alpha value is -3.81. The van der Waals surface area contributed by atoms with E-state index < -0.39 is 4.92 Å². The summed E-state index contributed by atoms with van der Waals surface area (Å²) in [6, 6.07) is 14.4. The zero-order valence-corrected chi connectivity index (χ0v) is 19.8. The molecule has 1 aliphatic heterocycles. The van der Waals surface area contributed by atoms with E-state index in [1.807, 2.05) is 13.8 Å². The zero-order chi connectivity index (χ0) is 24.2. The molecule has 1 saturated heterocycles. The van der Waals surface area contributed by atoms with Crippen molar-refractivity contribution in [1.29, 1.82) is 0 Å². The summed E-state index contributed by atoms with van der Waals surface area (Å²) >= 11 is 0. The van der Waals surface area contributed by atoms with Crippen LogP contribution >= 0.6 is 0 Å². The van der Waals surface area contributed by atoms with Gasteiger partial charge in [0.15, 0.2) is 0 Å². The Kier molecular flexibility index (Phi) is 6.86. The lowest BCUT2D eigenvalue weighted by Gasteiger charge is -2.26. The number of rotatable bonds is 5. The maximum absolute atomic E-state index is 13.1. The maximum Gasteiger partial charge on any atom is 0.270 e. The van der Waals surface area contributed by atoms with Crippen molar-refractivity contribution in [2.75, 3.05) is 31.1 Å². The SMILES string of the molecule is Cc1ccc(Cc2c(C)nc(C)nc2N2CCCN(C(=O)c3cccc([N+](=O)[O-])c3)CC2)cc1. The van der Waals surface area contributed by atoms with E-state index in [-0.39, 0.29) is 11.6 Å². The number of aromatic nitrogens is 2. The standard InChI is InChI=1S/C26H29N5O3/c1-18-8-10-21(11-9-18)16-24-19(2)27-20(3)28-25(24)29-12-5-13-30(15-14-29)26(32)22-6-4-7-23(17-22)31(33)34/h4,6-11,17H,5,12-16H2,1-3H3. The first-order valence-corrected chi connectivity index (χ1v) is 11.5. The Balaban J connectivity index is 1.55. The molecule has 4 rings (SSSR count). The number of carbonyl (C=O) groups excluding carboxylic acids is 1. The van der Waals surface area contributed by atoms with Gasteiger partial charge in [0.2, 0.25) is 0 Å².